The van der Waals surface area contributed by atoms with Gasteiger partial charge in [-0.2, -0.15) is 0 Å². The van der Waals surface area contributed by atoms with Crippen molar-refractivity contribution in [3.8, 4) is 0 Å². The molecule has 0 fully saturated rings. The minimum atomic E-state index is -4.41. The van der Waals surface area contributed by atoms with Crippen LogP contribution < -0.4 is 4.57 Å². The molecule has 13 heavy (non-hydrogen) atoms. The molecule has 1 heterocycles. The number of rotatable bonds is 1. The zero-order valence-electron chi connectivity index (χ0n) is 7.38. The molecule has 0 atom stereocenters. The largest absolute Gasteiger partial charge is 0.726 e. The van der Waals surface area contributed by atoms with Crippen LogP contribution in [0.1, 0.15) is 0 Å². The Bertz CT molecular complexity index is 322. The van der Waals surface area contributed by atoms with E-state index in [1.165, 1.54) is 0 Å². The van der Waals surface area contributed by atoms with E-state index in [-0.39, 0.29) is 0 Å². The lowest BCUT2D eigenvalue weighted by atomic mass is 10.5. The van der Waals surface area contributed by atoms with Crippen LogP contribution >= 0.6 is 0 Å². The van der Waals surface area contributed by atoms with Crippen LogP contribution in [-0.4, -0.2) is 20.1 Å². The summed E-state index contributed by atoms with van der Waals surface area (Å²) in [5.41, 5.74) is 0. The third-order valence-corrected chi connectivity index (χ3v) is 1.48. The maximum atomic E-state index is 9.22. The second-order valence-electron chi connectivity index (χ2n) is 2.12. The van der Waals surface area contributed by atoms with Crippen molar-refractivity contribution in [3.05, 3.63) is 30.6 Å². The molecule has 0 aliphatic carbocycles. The molecule has 0 N–H and O–H groups in total. The zero-order chi connectivity index (χ0) is 10.3. The van der Waals surface area contributed by atoms with Crippen molar-refractivity contribution in [3.63, 3.8) is 0 Å². The summed E-state index contributed by atoms with van der Waals surface area (Å²) >= 11 is 0. The van der Waals surface area contributed by atoms with Gasteiger partial charge in [-0.05, 0) is 0 Å². The summed E-state index contributed by atoms with van der Waals surface area (Å²) in [6.07, 6.45) is 4.00. The van der Waals surface area contributed by atoms with Crippen molar-refractivity contribution in [2.45, 2.75) is 0 Å². The molecule has 0 saturated carbocycles. The van der Waals surface area contributed by atoms with Gasteiger partial charge in [-0.25, -0.2) is 13.0 Å². The molecule has 1 rings (SSSR count). The molecule has 0 radical (unpaired) electrons. The maximum absolute atomic E-state index is 9.22. The number of aryl methyl sites for hydroxylation is 1. The molecule has 5 nitrogen and oxygen atoms in total. The average Bonchev–Trinajstić information content (AvgIpc) is 2.06. The summed E-state index contributed by atoms with van der Waals surface area (Å²) in [6, 6.07) is 6.00. The van der Waals surface area contributed by atoms with Crippen LogP contribution in [0.4, 0.5) is 0 Å². The first kappa shape index (κ1) is 12.0. The second kappa shape index (κ2) is 5.63. The predicted molar refractivity (Wildman–Crippen MR) is 44.3 cm³/mol. The van der Waals surface area contributed by atoms with E-state index in [4.69, 9.17) is 0 Å². The molecule has 0 spiro atoms. The average molecular weight is 205 g/mol. The lowest BCUT2D eigenvalue weighted by Gasteiger charge is -1.98. The van der Waals surface area contributed by atoms with Gasteiger partial charge in [-0.15, -0.1) is 0 Å². The first-order valence-electron chi connectivity index (χ1n) is 3.37. The lowest BCUT2D eigenvalue weighted by Crippen LogP contribution is -2.25. The molecule has 0 aromatic carbocycles. The topological polar surface area (TPSA) is 70.3 Å². The zero-order valence-corrected chi connectivity index (χ0v) is 8.19. The third kappa shape index (κ3) is 8.93. The summed E-state index contributed by atoms with van der Waals surface area (Å²) < 4.78 is 33.0. The van der Waals surface area contributed by atoms with Crippen molar-refractivity contribution >= 4 is 10.4 Å². The van der Waals surface area contributed by atoms with Gasteiger partial charge in [0, 0.05) is 12.1 Å². The molecule has 74 valence electrons. The first-order chi connectivity index (χ1) is 5.95. The minimum Gasteiger partial charge on any atom is -0.726 e. The Kier molecular flexibility index (Phi) is 5.20. The fourth-order valence-electron chi connectivity index (χ4n) is 0.485. The normalized spacial score (nSPS) is 10.1. The van der Waals surface area contributed by atoms with Crippen LogP contribution in [0.3, 0.4) is 0 Å². The van der Waals surface area contributed by atoms with Gasteiger partial charge >= 0.3 is 0 Å². The molecule has 6 heteroatoms. The Morgan fingerprint density at radius 1 is 1.23 bits per heavy atom. The third-order valence-electron chi connectivity index (χ3n) is 1.07. The van der Waals surface area contributed by atoms with Gasteiger partial charge in [0.2, 0.25) is 10.4 Å². The fraction of sp³-hybridized carbons (Fsp3) is 0.286. The van der Waals surface area contributed by atoms with E-state index < -0.39 is 10.4 Å². The smallest absolute Gasteiger partial charge is 0.217 e. The standard InChI is InChI=1S/C6H8N.CH4O4S/c1-7-5-3-2-4-6-7;1-5-6(2,3)4/h2-6H,1H3;1H3,(H,2,3,4)/q+1;/p-1. The van der Waals surface area contributed by atoms with Gasteiger partial charge in [0.1, 0.15) is 7.05 Å². The summed E-state index contributed by atoms with van der Waals surface area (Å²) in [5, 5.41) is 0. The van der Waals surface area contributed by atoms with Crippen molar-refractivity contribution < 1.29 is 21.7 Å². The molecular formula is C7H11NO4S. The Hall–Kier alpha value is -0.980. The maximum Gasteiger partial charge on any atom is 0.217 e. The van der Waals surface area contributed by atoms with Crippen molar-refractivity contribution in [1.82, 2.24) is 0 Å². The van der Waals surface area contributed by atoms with Crippen LogP contribution in [0.15, 0.2) is 30.6 Å². The SMILES string of the molecule is COS(=O)(=O)[O-].C[n+]1ccccc1. The molecule has 0 unspecified atom stereocenters. The van der Waals surface area contributed by atoms with Crippen molar-refractivity contribution in [2.24, 2.45) is 7.05 Å². The molecule has 0 amide bonds. The Morgan fingerprint density at radius 3 is 1.77 bits per heavy atom. The van der Waals surface area contributed by atoms with E-state index in [1.807, 2.05) is 42.2 Å². The van der Waals surface area contributed by atoms with Gasteiger partial charge in [-0.1, -0.05) is 6.07 Å². The monoisotopic (exact) mass is 205 g/mol. The van der Waals surface area contributed by atoms with Gasteiger partial charge in [0.05, 0.1) is 7.11 Å². The molecule has 0 aliphatic heterocycles. The highest BCUT2D eigenvalue weighted by Crippen LogP contribution is 1.74. The van der Waals surface area contributed by atoms with Gasteiger partial charge in [0.15, 0.2) is 12.4 Å². The Labute approximate surface area is 77.5 Å². The van der Waals surface area contributed by atoms with E-state index in [0.29, 0.717) is 0 Å². The number of hydrogen-bond donors (Lipinski definition) is 0. The van der Waals surface area contributed by atoms with Crippen molar-refractivity contribution in [1.29, 1.82) is 0 Å². The summed E-state index contributed by atoms with van der Waals surface area (Å²) in [7, 11) is -1.60. The van der Waals surface area contributed by atoms with Crippen LogP contribution in [-0.2, 0) is 21.6 Å². The first-order valence-corrected chi connectivity index (χ1v) is 4.71. The van der Waals surface area contributed by atoms with E-state index in [2.05, 4.69) is 4.18 Å². The highest BCUT2D eigenvalue weighted by Gasteiger charge is 1.79. The van der Waals surface area contributed by atoms with Crippen LogP contribution in [0.5, 0.6) is 0 Å². The highest BCUT2D eigenvalue weighted by atomic mass is 32.3. The van der Waals surface area contributed by atoms with Crippen LogP contribution in [0.25, 0.3) is 0 Å². The fourth-order valence-corrected chi connectivity index (χ4v) is 0.485. The van der Waals surface area contributed by atoms with Crippen LogP contribution in [0.2, 0.25) is 0 Å². The summed E-state index contributed by atoms with van der Waals surface area (Å²) in [5.74, 6) is 0. The number of nitrogens with zero attached hydrogens (tertiary/aromatic N) is 1. The van der Waals surface area contributed by atoms with Crippen LogP contribution in [0, 0.1) is 0 Å². The molecule has 0 aliphatic rings. The molecule has 0 saturated heterocycles. The van der Waals surface area contributed by atoms with E-state index in [0.717, 1.165) is 7.11 Å². The highest BCUT2D eigenvalue weighted by molar-refractivity contribution is 7.80. The van der Waals surface area contributed by atoms with Gasteiger partial charge in [0.25, 0.3) is 0 Å². The minimum absolute atomic E-state index is 0.808. The Balaban J connectivity index is 0.000000226. The quantitative estimate of drug-likeness (QED) is 0.355. The van der Waals surface area contributed by atoms with E-state index in [1.54, 1.807) is 0 Å². The molecular weight excluding hydrogens is 194 g/mol. The van der Waals surface area contributed by atoms with E-state index >= 15 is 0 Å². The predicted octanol–water partition coefficient (Wildman–Crippen LogP) is -0.396. The second-order valence-corrected chi connectivity index (χ2v) is 3.27. The Morgan fingerprint density at radius 2 is 1.62 bits per heavy atom. The number of hydrogen-bond acceptors (Lipinski definition) is 4. The molecule has 1 aromatic rings. The molecule has 1 aromatic heterocycles. The number of aromatic nitrogens is 1. The van der Waals surface area contributed by atoms with Gasteiger partial charge in [-0.3, -0.25) is 4.18 Å². The lowest BCUT2D eigenvalue weighted by molar-refractivity contribution is -0.671. The van der Waals surface area contributed by atoms with E-state index in [9.17, 15) is 13.0 Å². The molecule has 0 bridgehead atoms. The van der Waals surface area contributed by atoms with Gasteiger partial charge < -0.3 is 4.55 Å². The summed E-state index contributed by atoms with van der Waals surface area (Å²) in [4.78, 5) is 0. The summed E-state index contributed by atoms with van der Waals surface area (Å²) in [6.45, 7) is 0. The number of pyridine rings is 1. The van der Waals surface area contributed by atoms with Crippen molar-refractivity contribution in [2.75, 3.05) is 7.11 Å².